The first kappa shape index (κ1) is 25.7. The van der Waals surface area contributed by atoms with Crippen LogP contribution >= 0.6 is 0 Å². The van der Waals surface area contributed by atoms with Gasteiger partial charge in [-0.25, -0.2) is 8.42 Å². The highest BCUT2D eigenvalue weighted by Crippen LogP contribution is 2.33. The lowest BCUT2D eigenvalue weighted by atomic mass is 9.90. The quantitative estimate of drug-likeness (QED) is 0.239. The van der Waals surface area contributed by atoms with Crippen molar-refractivity contribution >= 4 is 39.3 Å². The fourth-order valence-corrected chi connectivity index (χ4v) is 5.62. The van der Waals surface area contributed by atoms with E-state index in [1.165, 1.54) is 31.5 Å². The fraction of sp³-hybridized carbons (Fsp3) is 0.143. The lowest BCUT2D eigenvalue weighted by molar-refractivity contribution is -0.119. The van der Waals surface area contributed by atoms with Gasteiger partial charge in [-0.15, -0.1) is 0 Å². The van der Waals surface area contributed by atoms with E-state index in [1.807, 2.05) is 42.5 Å². The van der Waals surface area contributed by atoms with Gasteiger partial charge in [0.2, 0.25) is 11.8 Å². The molecule has 0 aliphatic heterocycles. The summed E-state index contributed by atoms with van der Waals surface area (Å²) in [6.07, 6.45) is 12.6. The minimum absolute atomic E-state index is 0.0813. The first-order chi connectivity index (χ1) is 17.7. The molecule has 0 atom stereocenters. The maximum atomic E-state index is 13.8. The van der Waals surface area contributed by atoms with Crippen LogP contribution in [0.15, 0.2) is 103 Å². The number of benzene rings is 2. The molecule has 4 rings (SSSR count). The van der Waals surface area contributed by atoms with E-state index in [9.17, 15) is 18.0 Å². The first-order valence-electron chi connectivity index (χ1n) is 11.6. The summed E-state index contributed by atoms with van der Waals surface area (Å²) in [6, 6.07) is 18.2. The number of nitrogens with one attached hydrogen (secondary N) is 2. The smallest absolute Gasteiger partial charge is 0.253 e. The molecule has 1 aromatic heterocycles. The zero-order valence-electron chi connectivity index (χ0n) is 20.2. The lowest BCUT2D eigenvalue weighted by Crippen LogP contribution is -2.48. The van der Waals surface area contributed by atoms with Gasteiger partial charge in [-0.2, -0.15) is 0 Å². The number of rotatable bonds is 8. The second-order valence-corrected chi connectivity index (χ2v) is 10.8. The minimum Gasteiger partial charge on any atom is -0.397 e. The average Bonchev–Trinajstić information content (AvgIpc) is 3.38. The predicted molar refractivity (Wildman–Crippen MR) is 146 cm³/mol. The van der Waals surface area contributed by atoms with Crippen LogP contribution in [0.4, 0.5) is 11.4 Å². The van der Waals surface area contributed by atoms with Crippen LogP contribution < -0.4 is 16.4 Å². The fourth-order valence-electron chi connectivity index (χ4n) is 3.99. The molecule has 0 radical (unpaired) electrons. The largest absolute Gasteiger partial charge is 0.397 e. The molecule has 1 aliphatic carbocycles. The van der Waals surface area contributed by atoms with Gasteiger partial charge in [-0.3, -0.25) is 13.6 Å². The Labute approximate surface area is 216 Å². The third-order valence-corrected chi connectivity index (χ3v) is 8.22. The van der Waals surface area contributed by atoms with Crippen molar-refractivity contribution in [2.24, 2.45) is 0 Å². The molecule has 9 heteroatoms. The van der Waals surface area contributed by atoms with Crippen LogP contribution in [0.5, 0.6) is 0 Å². The molecule has 8 nitrogen and oxygen atoms in total. The second-order valence-electron chi connectivity index (χ2n) is 8.71. The van der Waals surface area contributed by atoms with Gasteiger partial charge in [0.15, 0.2) is 0 Å². The number of aromatic nitrogens is 1. The van der Waals surface area contributed by atoms with Crippen molar-refractivity contribution in [2.45, 2.75) is 17.6 Å². The molecule has 4 N–H and O–H groups in total. The monoisotopic (exact) mass is 516 g/mol. The third-order valence-electron chi connectivity index (χ3n) is 6.06. The number of carbonyl (C=O) groups is 2. The van der Waals surface area contributed by atoms with Crippen LogP contribution in [0.25, 0.3) is 6.08 Å². The van der Waals surface area contributed by atoms with Gasteiger partial charge >= 0.3 is 0 Å². The molecule has 190 valence electrons. The Morgan fingerprint density at radius 3 is 2.38 bits per heavy atom. The highest BCUT2D eigenvalue weighted by molar-refractivity contribution is 7.91. The summed E-state index contributed by atoms with van der Waals surface area (Å²) in [6.45, 7) is 1.22. The van der Waals surface area contributed by atoms with Gasteiger partial charge < -0.3 is 16.4 Å². The van der Waals surface area contributed by atoms with Crippen molar-refractivity contribution in [2.75, 3.05) is 17.6 Å². The summed E-state index contributed by atoms with van der Waals surface area (Å²) in [4.78, 5) is 24.0. The summed E-state index contributed by atoms with van der Waals surface area (Å²) in [5.74, 6) is -0.814. The number of allylic oxidation sites excluding steroid dienone is 2. The summed E-state index contributed by atoms with van der Waals surface area (Å²) < 4.78 is 27.2. The van der Waals surface area contributed by atoms with Gasteiger partial charge in [-0.05, 0) is 35.4 Å². The van der Waals surface area contributed by atoms with Crippen LogP contribution in [0.2, 0.25) is 0 Å². The molecular formula is C28H28N4O4S. The lowest BCUT2D eigenvalue weighted by Gasteiger charge is -2.31. The van der Waals surface area contributed by atoms with Crippen molar-refractivity contribution in [3.8, 4) is 0 Å². The topological polar surface area (TPSA) is 123 Å². The van der Waals surface area contributed by atoms with E-state index in [4.69, 9.17) is 5.73 Å². The number of anilines is 2. The van der Waals surface area contributed by atoms with E-state index in [-0.39, 0.29) is 18.4 Å². The normalized spacial score (nSPS) is 19.1. The van der Waals surface area contributed by atoms with E-state index >= 15 is 0 Å². The van der Waals surface area contributed by atoms with E-state index in [2.05, 4.69) is 10.6 Å². The number of hydrogen-bond donors (Lipinski definition) is 3. The highest BCUT2D eigenvalue weighted by atomic mass is 32.2. The third kappa shape index (κ3) is 5.73. The molecular weight excluding hydrogens is 488 g/mol. The van der Waals surface area contributed by atoms with Crippen LogP contribution in [-0.2, 0) is 19.6 Å². The molecule has 2 amide bonds. The van der Waals surface area contributed by atoms with Crippen molar-refractivity contribution in [1.29, 1.82) is 0 Å². The Kier molecular flexibility index (Phi) is 7.45. The molecule has 0 bridgehead atoms. The van der Waals surface area contributed by atoms with Crippen LogP contribution in [0.3, 0.4) is 0 Å². The van der Waals surface area contributed by atoms with Crippen LogP contribution in [0.1, 0.15) is 24.0 Å². The molecule has 1 aliphatic rings. The number of hydrogen-bond acceptors (Lipinski definition) is 5. The van der Waals surface area contributed by atoms with Crippen molar-refractivity contribution in [3.05, 3.63) is 115 Å². The Bertz CT molecular complexity index is 1470. The van der Waals surface area contributed by atoms with Crippen LogP contribution in [0, 0.1) is 0 Å². The summed E-state index contributed by atoms with van der Waals surface area (Å²) in [7, 11) is -4.02. The van der Waals surface area contributed by atoms with Gasteiger partial charge in [-0.1, -0.05) is 66.8 Å². The maximum absolute atomic E-state index is 13.8. The molecule has 0 saturated carbocycles. The summed E-state index contributed by atoms with van der Waals surface area (Å²) >= 11 is 0. The van der Waals surface area contributed by atoms with Gasteiger partial charge in [0.05, 0.1) is 11.4 Å². The number of carbonyl (C=O) groups excluding carboxylic acids is 2. The Morgan fingerprint density at radius 2 is 1.70 bits per heavy atom. The summed E-state index contributed by atoms with van der Waals surface area (Å²) in [5.41, 5.74) is 8.32. The molecule has 0 spiro atoms. The second kappa shape index (κ2) is 10.7. The van der Waals surface area contributed by atoms with Gasteiger partial charge in [0.25, 0.3) is 10.0 Å². The molecule has 3 aromatic rings. The molecule has 1 heterocycles. The van der Waals surface area contributed by atoms with E-state index in [0.717, 1.165) is 9.54 Å². The van der Waals surface area contributed by atoms with Crippen molar-refractivity contribution < 1.29 is 18.0 Å². The number of amides is 2. The van der Waals surface area contributed by atoms with Crippen molar-refractivity contribution in [3.63, 3.8) is 0 Å². The number of nitrogen functional groups attached to an aromatic ring is 1. The Hall–Kier alpha value is -4.37. The SMILES string of the molecule is CC(=O)NCC1(S(=O)(=O)n2ccc(/C=C/C(=O)Nc3ccccc3N)c2)C=CC(c2ccccc2)C=C1. The predicted octanol–water partition coefficient (Wildman–Crippen LogP) is 3.68. The minimum atomic E-state index is -4.02. The van der Waals surface area contributed by atoms with E-state index in [1.54, 1.807) is 42.5 Å². The molecule has 0 unspecified atom stereocenters. The number of nitrogens with two attached hydrogens (primary N) is 1. The standard InChI is InChI=1S/C28H28N4O4S/c1-21(33)30-20-28(16-13-24(14-17-28)23-7-3-2-4-8-23)37(35,36)32-18-15-22(19-32)11-12-27(34)31-26-10-6-5-9-25(26)29/h2-19,24H,20,29H2,1H3,(H,30,33)(H,31,34)/b12-11+. The van der Waals surface area contributed by atoms with E-state index < -0.39 is 20.7 Å². The maximum Gasteiger partial charge on any atom is 0.253 e. The molecule has 0 fully saturated rings. The number of nitrogens with zero attached hydrogens (tertiary/aromatic N) is 1. The zero-order chi connectivity index (χ0) is 26.5. The van der Waals surface area contributed by atoms with Crippen molar-refractivity contribution in [1.82, 2.24) is 9.29 Å². The molecule has 37 heavy (non-hydrogen) atoms. The molecule has 2 aromatic carbocycles. The Balaban J connectivity index is 1.56. The van der Waals surface area contributed by atoms with E-state index in [0.29, 0.717) is 16.9 Å². The Morgan fingerprint density at radius 1 is 1.03 bits per heavy atom. The first-order valence-corrected chi connectivity index (χ1v) is 13.1. The zero-order valence-corrected chi connectivity index (χ0v) is 21.1. The average molecular weight is 517 g/mol. The highest BCUT2D eigenvalue weighted by Gasteiger charge is 2.42. The number of para-hydroxylation sites is 2. The van der Waals surface area contributed by atoms with Crippen LogP contribution in [-0.4, -0.2) is 35.5 Å². The summed E-state index contributed by atoms with van der Waals surface area (Å²) in [5, 5.41) is 5.34. The van der Waals surface area contributed by atoms with Gasteiger partial charge in [0.1, 0.15) is 4.75 Å². The molecule has 0 saturated heterocycles. The van der Waals surface area contributed by atoms with Gasteiger partial charge in [0, 0.05) is 37.9 Å².